The van der Waals surface area contributed by atoms with Crippen LogP contribution in [-0.2, 0) is 9.84 Å². The van der Waals surface area contributed by atoms with E-state index in [1.807, 2.05) is 13.0 Å². The molecule has 1 aliphatic heterocycles. The number of pyridine rings is 1. The molecule has 0 radical (unpaired) electrons. The van der Waals surface area contributed by atoms with Gasteiger partial charge in [-0.05, 0) is 56.5 Å². The van der Waals surface area contributed by atoms with Gasteiger partial charge in [0.1, 0.15) is 0 Å². The van der Waals surface area contributed by atoms with Crippen molar-refractivity contribution in [3.63, 3.8) is 0 Å². The Labute approximate surface area is 179 Å². The van der Waals surface area contributed by atoms with Crippen molar-refractivity contribution in [3.05, 3.63) is 52.3 Å². The normalized spacial score (nSPS) is 20.5. The van der Waals surface area contributed by atoms with Gasteiger partial charge in [-0.25, -0.2) is 18.1 Å². The first-order chi connectivity index (χ1) is 14.3. The van der Waals surface area contributed by atoms with Gasteiger partial charge in [-0.2, -0.15) is 5.10 Å². The van der Waals surface area contributed by atoms with E-state index in [1.54, 1.807) is 28.9 Å². The van der Waals surface area contributed by atoms with Crippen LogP contribution in [0.3, 0.4) is 0 Å². The average molecular weight is 445 g/mol. The fraction of sp³-hybridized carbons (Fsp3) is 0.381. The van der Waals surface area contributed by atoms with Crippen LogP contribution in [0.1, 0.15) is 53.0 Å². The van der Waals surface area contributed by atoms with Crippen molar-refractivity contribution in [1.29, 1.82) is 0 Å². The van der Waals surface area contributed by atoms with Crippen molar-refractivity contribution in [2.75, 3.05) is 16.8 Å². The number of halogens is 1. The van der Waals surface area contributed by atoms with Crippen LogP contribution < -0.4 is 5.32 Å². The smallest absolute Gasteiger partial charge is 0.256 e. The third-order valence-corrected chi connectivity index (χ3v) is 7.76. The molecule has 2 aromatic heterocycles. The minimum Gasteiger partial charge on any atom is -0.322 e. The number of rotatable bonds is 4. The van der Waals surface area contributed by atoms with Gasteiger partial charge in [-0.3, -0.25) is 4.79 Å². The van der Waals surface area contributed by atoms with Crippen LogP contribution in [-0.4, -0.2) is 40.6 Å². The van der Waals surface area contributed by atoms with Crippen LogP contribution in [0.2, 0.25) is 5.02 Å². The second-order valence-electron chi connectivity index (χ2n) is 8.12. The summed E-state index contributed by atoms with van der Waals surface area (Å²) in [4.78, 5) is 18.0. The molecule has 1 amide bonds. The van der Waals surface area contributed by atoms with Gasteiger partial charge in [0.15, 0.2) is 15.5 Å². The Morgan fingerprint density at radius 3 is 2.57 bits per heavy atom. The molecule has 7 nitrogen and oxygen atoms in total. The maximum Gasteiger partial charge on any atom is 0.256 e. The first-order valence-electron chi connectivity index (χ1n) is 9.98. The first-order valence-corrected chi connectivity index (χ1v) is 12.2. The van der Waals surface area contributed by atoms with Gasteiger partial charge in [0.25, 0.3) is 5.91 Å². The number of amides is 1. The SMILES string of the molecule is Cc1nn(C2CCS(=O)(=O)C2)c2nc(C3CC3)cc(C(=O)Nc3ccc(Cl)cc3)c12. The number of hydrogen-bond donors (Lipinski definition) is 1. The van der Waals surface area contributed by atoms with E-state index >= 15 is 0 Å². The largest absolute Gasteiger partial charge is 0.322 e. The maximum atomic E-state index is 13.2. The van der Waals surface area contributed by atoms with Gasteiger partial charge in [0, 0.05) is 22.3 Å². The van der Waals surface area contributed by atoms with Crippen LogP contribution in [0, 0.1) is 6.92 Å². The Hall–Kier alpha value is -2.45. The van der Waals surface area contributed by atoms with E-state index in [-0.39, 0.29) is 23.5 Å². The third-order valence-electron chi connectivity index (χ3n) is 5.75. The summed E-state index contributed by atoms with van der Waals surface area (Å²) < 4.78 is 25.7. The van der Waals surface area contributed by atoms with Gasteiger partial charge in [0.05, 0.1) is 34.2 Å². The average Bonchev–Trinajstić information content (AvgIpc) is 3.42. The maximum absolute atomic E-state index is 13.2. The standard InChI is InChI=1S/C21H21ClN4O3S/c1-12-19-17(21(27)23-15-6-4-14(22)5-7-15)10-18(13-2-3-13)24-20(19)26(25-12)16-8-9-30(28,29)11-16/h4-7,10,13,16H,2-3,8-9,11H2,1H3,(H,23,27). The number of carbonyl (C=O) groups excluding carboxylic acids is 1. The number of anilines is 1. The van der Waals surface area contributed by atoms with Crippen LogP contribution >= 0.6 is 11.6 Å². The highest BCUT2D eigenvalue weighted by molar-refractivity contribution is 7.91. The van der Waals surface area contributed by atoms with E-state index in [9.17, 15) is 13.2 Å². The zero-order chi connectivity index (χ0) is 21.0. The highest BCUT2D eigenvalue weighted by atomic mass is 35.5. The lowest BCUT2D eigenvalue weighted by atomic mass is 10.1. The molecular weight excluding hydrogens is 424 g/mol. The molecule has 1 unspecified atom stereocenters. The summed E-state index contributed by atoms with van der Waals surface area (Å²) in [6.07, 6.45) is 2.60. The summed E-state index contributed by atoms with van der Waals surface area (Å²) in [6.45, 7) is 1.83. The van der Waals surface area contributed by atoms with E-state index in [4.69, 9.17) is 16.6 Å². The molecule has 1 atom stereocenters. The van der Waals surface area contributed by atoms with Crippen molar-refractivity contribution in [1.82, 2.24) is 14.8 Å². The summed E-state index contributed by atoms with van der Waals surface area (Å²) in [7, 11) is -3.07. The molecule has 0 spiro atoms. The molecule has 156 valence electrons. The molecule has 2 aliphatic rings. The lowest BCUT2D eigenvalue weighted by Gasteiger charge is -2.12. The lowest BCUT2D eigenvalue weighted by molar-refractivity contribution is 0.102. The van der Waals surface area contributed by atoms with Gasteiger partial charge >= 0.3 is 0 Å². The number of benzene rings is 1. The van der Waals surface area contributed by atoms with Crippen molar-refractivity contribution < 1.29 is 13.2 Å². The fourth-order valence-electron chi connectivity index (χ4n) is 4.05. The molecule has 9 heteroatoms. The van der Waals surface area contributed by atoms with Crippen LogP contribution in [0.15, 0.2) is 30.3 Å². The third kappa shape index (κ3) is 3.58. The molecule has 1 aromatic carbocycles. The number of aryl methyl sites for hydroxylation is 1. The summed E-state index contributed by atoms with van der Waals surface area (Å²) in [6, 6.07) is 8.55. The monoisotopic (exact) mass is 444 g/mol. The van der Waals surface area contributed by atoms with E-state index in [1.165, 1.54) is 0 Å². The predicted octanol–water partition coefficient (Wildman–Crippen LogP) is 3.88. The van der Waals surface area contributed by atoms with Crippen molar-refractivity contribution in [3.8, 4) is 0 Å². The Balaban J connectivity index is 1.60. The zero-order valence-electron chi connectivity index (χ0n) is 16.4. The van der Waals surface area contributed by atoms with Crippen LogP contribution in [0.4, 0.5) is 5.69 Å². The van der Waals surface area contributed by atoms with Crippen molar-refractivity contribution in [2.24, 2.45) is 0 Å². The minimum atomic E-state index is -3.07. The molecule has 1 saturated heterocycles. The fourth-order valence-corrected chi connectivity index (χ4v) is 5.87. The predicted molar refractivity (Wildman–Crippen MR) is 116 cm³/mol. The summed E-state index contributed by atoms with van der Waals surface area (Å²) in [5.41, 5.74) is 3.30. The van der Waals surface area contributed by atoms with Crippen molar-refractivity contribution in [2.45, 2.75) is 38.1 Å². The summed E-state index contributed by atoms with van der Waals surface area (Å²) >= 11 is 5.94. The molecule has 2 fully saturated rings. The summed E-state index contributed by atoms with van der Waals surface area (Å²) in [5.74, 6) is 0.315. The topological polar surface area (TPSA) is 93.9 Å². The van der Waals surface area contributed by atoms with Gasteiger partial charge in [-0.1, -0.05) is 11.6 Å². The van der Waals surface area contributed by atoms with E-state index in [0.29, 0.717) is 45.3 Å². The molecule has 1 aliphatic carbocycles. The molecule has 0 bridgehead atoms. The molecular formula is C21H21ClN4O3S. The number of nitrogens with one attached hydrogen (secondary N) is 1. The number of aromatic nitrogens is 3. The number of sulfone groups is 1. The zero-order valence-corrected chi connectivity index (χ0v) is 18.0. The number of hydrogen-bond acceptors (Lipinski definition) is 5. The molecule has 3 aromatic rings. The highest BCUT2D eigenvalue weighted by Gasteiger charge is 2.34. The Bertz CT molecular complexity index is 1260. The van der Waals surface area contributed by atoms with E-state index in [2.05, 4.69) is 10.4 Å². The molecule has 5 rings (SSSR count). The molecule has 3 heterocycles. The highest BCUT2D eigenvalue weighted by Crippen LogP contribution is 2.41. The Morgan fingerprint density at radius 1 is 1.20 bits per heavy atom. The van der Waals surface area contributed by atoms with Gasteiger partial charge in [-0.15, -0.1) is 0 Å². The quantitative estimate of drug-likeness (QED) is 0.658. The second-order valence-corrected chi connectivity index (χ2v) is 10.8. The van der Waals surface area contributed by atoms with Gasteiger partial charge < -0.3 is 5.32 Å². The molecule has 1 saturated carbocycles. The second kappa shape index (κ2) is 7.06. The van der Waals surface area contributed by atoms with Gasteiger partial charge in [0.2, 0.25) is 0 Å². The number of nitrogens with zero attached hydrogens (tertiary/aromatic N) is 3. The van der Waals surface area contributed by atoms with Crippen molar-refractivity contribution >= 4 is 44.1 Å². The first kappa shape index (κ1) is 19.5. The van der Waals surface area contributed by atoms with E-state index in [0.717, 1.165) is 18.5 Å². The molecule has 1 N–H and O–H groups in total. The van der Waals surface area contributed by atoms with E-state index < -0.39 is 9.84 Å². The Morgan fingerprint density at radius 2 is 1.93 bits per heavy atom. The number of fused-ring (bicyclic) bond motifs is 1. The summed E-state index contributed by atoms with van der Waals surface area (Å²) in [5, 5.41) is 8.81. The van der Waals surface area contributed by atoms with Crippen LogP contribution in [0.5, 0.6) is 0 Å². The van der Waals surface area contributed by atoms with Crippen LogP contribution in [0.25, 0.3) is 11.0 Å². The lowest BCUT2D eigenvalue weighted by Crippen LogP contribution is -2.15. The number of carbonyl (C=O) groups is 1. The molecule has 30 heavy (non-hydrogen) atoms. The minimum absolute atomic E-state index is 0.0604. The Kier molecular flexibility index (Phi) is 4.59.